The fraction of sp³-hybridized carbons (Fsp3) is 0. The number of hydrogen-bond donors (Lipinski definition) is 2. The highest BCUT2D eigenvalue weighted by Gasteiger charge is 2.11. The van der Waals surface area contributed by atoms with Gasteiger partial charge in [0.2, 0.25) is 0 Å². The smallest absolute Gasteiger partial charge is 0.274 e. The molecule has 0 aliphatic heterocycles. The van der Waals surface area contributed by atoms with E-state index in [1.165, 1.54) is 30.6 Å². The lowest BCUT2D eigenvalue weighted by Crippen LogP contribution is -2.15. The topological polar surface area (TPSA) is 66.9 Å². The highest BCUT2D eigenvalue weighted by Crippen LogP contribution is 2.24. The van der Waals surface area contributed by atoms with Crippen LogP contribution in [-0.4, -0.2) is 15.9 Å². The third kappa shape index (κ3) is 4.43. The Labute approximate surface area is 152 Å². The summed E-state index contributed by atoms with van der Waals surface area (Å²) in [4.78, 5) is 20.2. The summed E-state index contributed by atoms with van der Waals surface area (Å²) in [5.41, 5.74) is 0.757. The molecule has 8 heteroatoms. The van der Waals surface area contributed by atoms with Gasteiger partial charge in [0.15, 0.2) is 0 Å². The number of anilines is 3. The maximum Gasteiger partial charge on any atom is 0.274 e. The summed E-state index contributed by atoms with van der Waals surface area (Å²) in [6.45, 7) is 0. The Bertz CT molecular complexity index is 916. The second kappa shape index (κ2) is 7.46. The molecule has 0 atom stereocenters. The van der Waals surface area contributed by atoms with E-state index in [0.29, 0.717) is 21.6 Å². The van der Waals surface area contributed by atoms with Crippen LogP contribution in [0.25, 0.3) is 0 Å². The predicted octanol–water partition coefficient (Wildman–Crippen LogP) is 4.92. The highest BCUT2D eigenvalue weighted by atomic mass is 35.5. The molecule has 0 unspecified atom stereocenters. The highest BCUT2D eigenvalue weighted by molar-refractivity contribution is 6.35. The van der Waals surface area contributed by atoms with Gasteiger partial charge in [0.1, 0.15) is 23.7 Å². The van der Waals surface area contributed by atoms with E-state index >= 15 is 0 Å². The standard InChI is InChI=1S/C17H11Cl2FN4O/c18-10-5-11(19)7-12(6-10)23-16-8-15(21-9-22-16)17(25)24-14-4-2-1-3-13(14)20/h1-9H,(H,24,25)(H,21,22,23). The number of rotatable bonds is 4. The van der Waals surface area contributed by atoms with Gasteiger partial charge < -0.3 is 10.6 Å². The molecular formula is C17H11Cl2FN4O. The molecular weight excluding hydrogens is 366 g/mol. The largest absolute Gasteiger partial charge is 0.340 e. The number of nitrogens with one attached hydrogen (secondary N) is 2. The minimum Gasteiger partial charge on any atom is -0.340 e. The zero-order valence-corrected chi connectivity index (χ0v) is 14.1. The fourth-order valence-corrected chi connectivity index (χ4v) is 2.60. The van der Waals surface area contributed by atoms with Crippen molar-refractivity contribution in [2.75, 3.05) is 10.6 Å². The van der Waals surface area contributed by atoms with E-state index < -0.39 is 11.7 Å². The first kappa shape index (κ1) is 17.1. The van der Waals surface area contributed by atoms with Gasteiger partial charge in [0.05, 0.1) is 5.69 Å². The number of carbonyl (C=O) groups excluding carboxylic acids is 1. The van der Waals surface area contributed by atoms with Crippen molar-refractivity contribution < 1.29 is 9.18 Å². The maximum atomic E-state index is 13.6. The normalized spacial score (nSPS) is 10.4. The average Bonchev–Trinajstić information content (AvgIpc) is 2.56. The van der Waals surface area contributed by atoms with Crippen LogP contribution in [0.15, 0.2) is 54.9 Å². The van der Waals surface area contributed by atoms with E-state index in [0.717, 1.165) is 0 Å². The van der Waals surface area contributed by atoms with Crippen LogP contribution in [-0.2, 0) is 0 Å². The summed E-state index contributed by atoms with van der Waals surface area (Å²) < 4.78 is 13.6. The van der Waals surface area contributed by atoms with Gasteiger partial charge >= 0.3 is 0 Å². The molecule has 3 rings (SSSR count). The van der Waals surface area contributed by atoms with Crippen LogP contribution in [0.4, 0.5) is 21.6 Å². The van der Waals surface area contributed by atoms with Crippen LogP contribution in [0.2, 0.25) is 10.0 Å². The van der Waals surface area contributed by atoms with Crippen LogP contribution in [0.3, 0.4) is 0 Å². The molecule has 0 radical (unpaired) electrons. The van der Waals surface area contributed by atoms with Gasteiger partial charge in [-0.25, -0.2) is 14.4 Å². The quantitative estimate of drug-likeness (QED) is 0.678. The molecule has 2 N–H and O–H groups in total. The number of carbonyl (C=O) groups is 1. The zero-order valence-electron chi connectivity index (χ0n) is 12.6. The lowest BCUT2D eigenvalue weighted by atomic mass is 10.3. The van der Waals surface area contributed by atoms with Gasteiger partial charge in [-0.05, 0) is 30.3 Å². The minimum absolute atomic E-state index is 0.0715. The Balaban J connectivity index is 1.79. The summed E-state index contributed by atoms with van der Waals surface area (Å²) in [5.74, 6) is -0.719. The molecule has 2 aromatic carbocycles. The molecule has 0 fully saturated rings. The second-order valence-corrected chi connectivity index (χ2v) is 5.88. The molecule has 0 saturated heterocycles. The van der Waals surface area contributed by atoms with Crippen molar-refractivity contribution in [2.24, 2.45) is 0 Å². The molecule has 0 aliphatic rings. The third-order valence-electron chi connectivity index (χ3n) is 3.16. The number of nitrogens with zero attached hydrogens (tertiary/aromatic N) is 2. The SMILES string of the molecule is O=C(Nc1ccccc1F)c1cc(Nc2cc(Cl)cc(Cl)c2)ncn1. The summed E-state index contributed by atoms with van der Waals surface area (Å²) in [7, 11) is 0. The van der Waals surface area contributed by atoms with Crippen molar-refractivity contribution >= 4 is 46.3 Å². The molecule has 1 amide bonds. The van der Waals surface area contributed by atoms with E-state index in [4.69, 9.17) is 23.2 Å². The van der Waals surface area contributed by atoms with E-state index in [9.17, 15) is 9.18 Å². The van der Waals surface area contributed by atoms with Crippen molar-refractivity contribution in [2.45, 2.75) is 0 Å². The van der Waals surface area contributed by atoms with Gasteiger partial charge in [0.25, 0.3) is 5.91 Å². The van der Waals surface area contributed by atoms with E-state index in [2.05, 4.69) is 20.6 Å². The number of para-hydroxylation sites is 1. The second-order valence-electron chi connectivity index (χ2n) is 5.01. The fourth-order valence-electron chi connectivity index (χ4n) is 2.07. The first-order valence-corrected chi connectivity index (χ1v) is 7.88. The molecule has 0 spiro atoms. The maximum absolute atomic E-state index is 13.6. The van der Waals surface area contributed by atoms with Gasteiger partial charge in [-0.1, -0.05) is 35.3 Å². The number of aromatic nitrogens is 2. The Morgan fingerprint density at radius 2 is 1.72 bits per heavy atom. The number of amides is 1. The Morgan fingerprint density at radius 3 is 2.44 bits per heavy atom. The summed E-state index contributed by atoms with van der Waals surface area (Å²) in [6.07, 6.45) is 1.23. The minimum atomic E-state index is -0.556. The molecule has 1 aromatic heterocycles. The number of hydrogen-bond acceptors (Lipinski definition) is 4. The van der Waals surface area contributed by atoms with Crippen molar-refractivity contribution in [1.82, 2.24) is 9.97 Å². The van der Waals surface area contributed by atoms with Crippen molar-refractivity contribution in [1.29, 1.82) is 0 Å². The van der Waals surface area contributed by atoms with Gasteiger partial charge in [-0.2, -0.15) is 0 Å². The van der Waals surface area contributed by atoms with Crippen LogP contribution < -0.4 is 10.6 Å². The van der Waals surface area contributed by atoms with E-state index in [1.807, 2.05) is 0 Å². The lowest BCUT2D eigenvalue weighted by Gasteiger charge is -2.09. The molecule has 126 valence electrons. The Hall–Kier alpha value is -2.70. The lowest BCUT2D eigenvalue weighted by molar-refractivity contribution is 0.102. The van der Waals surface area contributed by atoms with Gasteiger partial charge in [-0.3, -0.25) is 4.79 Å². The average molecular weight is 377 g/mol. The zero-order chi connectivity index (χ0) is 17.8. The van der Waals surface area contributed by atoms with Crippen LogP contribution >= 0.6 is 23.2 Å². The van der Waals surface area contributed by atoms with Crippen LogP contribution in [0.5, 0.6) is 0 Å². The number of benzene rings is 2. The molecule has 0 saturated carbocycles. The van der Waals surface area contributed by atoms with Crippen molar-refractivity contribution in [3.05, 3.63) is 76.4 Å². The van der Waals surface area contributed by atoms with Crippen molar-refractivity contribution in [3.8, 4) is 0 Å². The predicted molar refractivity (Wildman–Crippen MR) is 96.1 cm³/mol. The molecule has 1 heterocycles. The van der Waals surface area contributed by atoms with Crippen molar-refractivity contribution in [3.63, 3.8) is 0 Å². The van der Waals surface area contributed by atoms with E-state index in [-0.39, 0.29) is 11.4 Å². The molecule has 5 nitrogen and oxygen atoms in total. The van der Waals surface area contributed by atoms with Crippen LogP contribution in [0, 0.1) is 5.82 Å². The molecule has 3 aromatic rings. The first-order valence-electron chi connectivity index (χ1n) is 7.12. The Kier molecular flexibility index (Phi) is 5.11. The van der Waals surface area contributed by atoms with Gasteiger partial charge in [-0.15, -0.1) is 0 Å². The molecule has 25 heavy (non-hydrogen) atoms. The van der Waals surface area contributed by atoms with E-state index in [1.54, 1.807) is 24.3 Å². The summed E-state index contributed by atoms with van der Waals surface area (Å²) in [5, 5.41) is 6.36. The molecule has 0 aliphatic carbocycles. The Morgan fingerprint density at radius 1 is 1.00 bits per heavy atom. The molecule has 0 bridgehead atoms. The summed E-state index contributed by atoms with van der Waals surface area (Å²) in [6, 6.07) is 12.2. The van der Waals surface area contributed by atoms with Crippen LogP contribution in [0.1, 0.15) is 10.5 Å². The number of halogens is 3. The monoisotopic (exact) mass is 376 g/mol. The third-order valence-corrected chi connectivity index (χ3v) is 3.59. The van der Waals surface area contributed by atoms with Gasteiger partial charge in [0, 0.05) is 21.8 Å². The first-order chi connectivity index (χ1) is 12.0. The summed E-state index contributed by atoms with van der Waals surface area (Å²) >= 11 is 11.9.